The third kappa shape index (κ3) is 4.84. The molecule has 1 atom stereocenters. The topological polar surface area (TPSA) is 73.6 Å². The molecule has 17 heavy (non-hydrogen) atoms. The number of hydrogen-bond donors (Lipinski definition) is 2. The molecule has 0 heterocycles. The van der Waals surface area contributed by atoms with Crippen molar-refractivity contribution in [3.63, 3.8) is 0 Å². The molecule has 3 N–H and O–H groups in total. The molecule has 0 saturated carbocycles. The minimum atomic E-state index is -0.231. The van der Waals surface area contributed by atoms with E-state index in [1.807, 2.05) is 13.0 Å². The second kappa shape index (κ2) is 6.88. The van der Waals surface area contributed by atoms with E-state index in [2.05, 4.69) is 5.32 Å². The number of anilines is 2. The van der Waals surface area contributed by atoms with Crippen molar-refractivity contribution >= 4 is 17.3 Å². The number of hydrogen-bond acceptors (Lipinski definition) is 4. The molecule has 1 aromatic rings. The Morgan fingerprint density at radius 3 is 2.82 bits per heavy atom. The third-order valence-electron chi connectivity index (χ3n) is 2.14. The second-order valence-corrected chi connectivity index (χ2v) is 3.71. The summed E-state index contributed by atoms with van der Waals surface area (Å²) in [7, 11) is 1.59. The standard InChI is InChI=1S/C12H18N2O3/c1-9(7-16-2)17-8-12(15)14-11-6-4-3-5-10(11)13/h3-6,9H,7-8,13H2,1-2H3,(H,14,15). The molecule has 0 spiro atoms. The molecule has 0 fully saturated rings. The lowest BCUT2D eigenvalue weighted by molar-refractivity contribution is -0.123. The number of ether oxygens (including phenoxy) is 2. The Balaban J connectivity index is 2.37. The van der Waals surface area contributed by atoms with Crippen molar-refractivity contribution in [2.45, 2.75) is 13.0 Å². The molecule has 0 saturated heterocycles. The zero-order chi connectivity index (χ0) is 12.7. The van der Waals surface area contributed by atoms with Crippen LogP contribution in [0.2, 0.25) is 0 Å². The van der Waals surface area contributed by atoms with E-state index in [0.717, 1.165) is 0 Å². The summed E-state index contributed by atoms with van der Waals surface area (Å²) in [5, 5.41) is 2.68. The maximum absolute atomic E-state index is 11.5. The van der Waals surface area contributed by atoms with Crippen molar-refractivity contribution in [3.05, 3.63) is 24.3 Å². The number of carbonyl (C=O) groups is 1. The molecule has 0 radical (unpaired) electrons. The highest BCUT2D eigenvalue weighted by atomic mass is 16.5. The maximum atomic E-state index is 11.5. The average molecular weight is 238 g/mol. The smallest absolute Gasteiger partial charge is 0.250 e. The highest BCUT2D eigenvalue weighted by Gasteiger charge is 2.07. The fourth-order valence-corrected chi connectivity index (χ4v) is 1.30. The largest absolute Gasteiger partial charge is 0.397 e. The van der Waals surface area contributed by atoms with Crippen LogP contribution >= 0.6 is 0 Å². The monoisotopic (exact) mass is 238 g/mol. The molecule has 0 aliphatic carbocycles. The van der Waals surface area contributed by atoms with Gasteiger partial charge in [-0.1, -0.05) is 12.1 Å². The number of nitrogens with one attached hydrogen (secondary N) is 1. The van der Waals surface area contributed by atoms with Gasteiger partial charge in [-0.05, 0) is 19.1 Å². The van der Waals surface area contributed by atoms with Crippen LogP contribution < -0.4 is 11.1 Å². The van der Waals surface area contributed by atoms with Gasteiger partial charge in [0.25, 0.3) is 0 Å². The number of methoxy groups -OCH3 is 1. The number of para-hydroxylation sites is 2. The summed E-state index contributed by atoms with van der Waals surface area (Å²) in [6, 6.07) is 7.08. The van der Waals surface area contributed by atoms with E-state index in [9.17, 15) is 4.79 Å². The fraction of sp³-hybridized carbons (Fsp3) is 0.417. The molecule has 1 aromatic carbocycles. The first-order valence-corrected chi connectivity index (χ1v) is 5.38. The van der Waals surface area contributed by atoms with E-state index in [1.165, 1.54) is 0 Å². The minimum absolute atomic E-state index is 0.0150. The van der Waals surface area contributed by atoms with Crippen LogP contribution in [0.3, 0.4) is 0 Å². The lowest BCUT2D eigenvalue weighted by atomic mass is 10.3. The highest BCUT2D eigenvalue weighted by Crippen LogP contribution is 2.16. The lowest BCUT2D eigenvalue weighted by Crippen LogP contribution is -2.24. The number of amides is 1. The Bertz CT molecular complexity index is 369. The maximum Gasteiger partial charge on any atom is 0.250 e. The van der Waals surface area contributed by atoms with Crippen LogP contribution in [0.4, 0.5) is 11.4 Å². The van der Waals surface area contributed by atoms with Gasteiger partial charge < -0.3 is 20.5 Å². The molecule has 5 heteroatoms. The van der Waals surface area contributed by atoms with Gasteiger partial charge in [0.2, 0.25) is 5.91 Å². The highest BCUT2D eigenvalue weighted by molar-refractivity contribution is 5.94. The lowest BCUT2D eigenvalue weighted by Gasteiger charge is -2.12. The van der Waals surface area contributed by atoms with Crippen molar-refractivity contribution in [3.8, 4) is 0 Å². The van der Waals surface area contributed by atoms with E-state index in [0.29, 0.717) is 18.0 Å². The van der Waals surface area contributed by atoms with Crippen LogP contribution in [0.25, 0.3) is 0 Å². The van der Waals surface area contributed by atoms with Gasteiger partial charge in [-0.15, -0.1) is 0 Å². The Kier molecular flexibility index (Phi) is 5.45. The first kappa shape index (κ1) is 13.5. The molecular formula is C12H18N2O3. The van der Waals surface area contributed by atoms with Crippen LogP contribution in [-0.4, -0.2) is 32.3 Å². The molecule has 94 valence electrons. The summed E-state index contributed by atoms with van der Waals surface area (Å²) in [5.74, 6) is -0.231. The van der Waals surface area contributed by atoms with Gasteiger partial charge in [0.1, 0.15) is 6.61 Å². The van der Waals surface area contributed by atoms with Crippen molar-refractivity contribution in [2.75, 3.05) is 31.4 Å². The van der Waals surface area contributed by atoms with E-state index in [1.54, 1.807) is 25.3 Å². The molecule has 1 unspecified atom stereocenters. The van der Waals surface area contributed by atoms with Gasteiger partial charge in [-0.2, -0.15) is 0 Å². The van der Waals surface area contributed by atoms with E-state index in [4.69, 9.17) is 15.2 Å². The number of nitrogen functional groups attached to an aromatic ring is 1. The van der Waals surface area contributed by atoms with Gasteiger partial charge in [-0.25, -0.2) is 0 Å². The average Bonchev–Trinajstić information content (AvgIpc) is 2.30. The number of rotatable bonds is 6. The van der Waals surface area contributed by atoms with Gasteiger partial charge in [-0.3, -0.25) is 4.79 Å². The number of carbonyl (C=O) groups excluding carboxylic acids is 1. The summed E-state index contributed by atoms with van der Waals surface area (Å²) < 4.78 is 10.2. The predicted octanol–water partition coefficient (Wildman–Crippen LogP) is 1.26. The van der Waals surface area contributed by atoms with E-state index < -0.39 is 0 Å². The van der Waals surface area contributed by atoms with Crippen molar-refractivity contribution in [2.24, 2.45) is 0 Å². The van der Waals surface area contributed by atoms with Crippen molar-refractivity contribution in [1.29, 1.82) is 0 Å². The van der Waals surface area contributed by atoms with Gasteiger partial charge in [0, 0.05) is 7.11 Å². The quantitative estimate of drug-likeness (QED) is 0.732. The van der Waals surface area contributed by atoms with E-state index >= 15 is 0 Å². The molecule has 1 rings (SSSR count). The van der Waals surface area contributed by atoms with Crippen molar-refractivity contribution in [1.82, 2.24) is 0 Å². The molecule has 1 amide bonds. The fourth-order valence-electron chi connectivity index (χ4n) is 1.30. The third-order valence-corrected chi connectivity index (χ3v) is 2.14. The summed E-state index contributed by atoms with van der Waals surface area (Å²) in [5.41, 5.74) is 6.83. The van der Waals surface area contributed by atoms with Gasteiger partial charge in [0.15, 0.2) is 0 Å². The number of benzene rings is 1. The van der Waals surface area contributed by atoms with Crippen LogP contribution in [0.15, 0.2) is 24.3 Å². The van der Waals surface area contributed by atoms with Crippen LogP contribution in [0.1, 0.15) is 6.92 Å². The minimum Gasteiger partial charge on any atom is -0.397 e. The second-order valence-electron chi connectivity index (χ2n) is 3.71. The van der Waals surface area contributed by atoms with Gasteiger partial charge >= 0.3 is 0 Å². The zero-order valence-corrected chi connectivity index (χ0v) is 10.1. The molecule has 0 bridgehead atoms. The summed E-state index contributed by atoms with van der Waals surface area (Å²) >= 11 is 0. The van der Waals surface area contributed by atoms with Crippen molar-refractivity contribution < 1.29 is 14.3 Å². The Morgan fingerprint density at radius 2 is 2.18 bits per heavy atom. The Morgan fingerprint density at radius 1 is 1.47 bits per heavy atom. The molecule has 0 aromatic heterocycles. The Labute approximate surface area is 101 Å². The molecule has 5 nitrogen and oxygen atoms in total. The first-order valence-electron chi connectivity index (χ1n) is 5.38. The van der Waals surface area contributed by atoms with E-state index in [-0.39, 0.29) is 18.6 Å². The first-order chi connectivity index (χ1) is 8.13. The van der Waals surface area contributed by atoms with Crippen LogP contribution in [-0.2, 0) is 14.3 Å². The number of nitrogens with two attached hydrogens (primary N) is 1. The normalized spacial score (nSPS) is 12.1. The molecular weight excluding hydrogens is 220 g/mol. The zero-order valence-electron chi connectivity index (χ0n) is 10.1. The van der Waals surface area contributed by atoms with Crippen LogP contribution in [0, 0.1) is 0 Å². The SMILES string of the molecule is COCC(C)OCC(=O)Nc1ccccc1N. The molecule has 0 aliphatic heterocycles. The summed E-state index contributed by atoms with van der Waals surface area (Å²) in [6.45, 7) is 2.28. The van der Waals surface area contributed by atoms with Crippen LogP contribution in [0.5, 0.6) is 0 Å². The van der Waals surface area contributed by atoms with Gasteiger partial charge in [0.05, 0.1) is 24.1 Å². The predicted molar refractivity (Wildman–Crippen MR) is 66.8 cm³/mol. The summed E-state index contributed by atoms with van der Waals surface area (Å²) in [4.78, 5) is 11.5. The summed E-state index contributed by atoms with van der Waals surface area (Å²) in [6.07, 6.45) is -0.112. The Hall–Kier alpha value is -1.59. The molecule has 0 aliphatic rings.